The van der Waals surface area contributed by atoms with E-state index in [9.17, 15) is 9.59 Å². The summed E-state index contributed by atoms with van der Waals surface area (Å²) in [5, 5.41) is 3.15. The van der Waals surface area contributed by atoms with Crippen molar-refractivity contribution in [3.8, 4) is 0 Å². The molecule has 0 aromatic carbocycles. The molecule has 0 bridgehead atoms. The van der Waals surface area contributed by atoms with Crippen molar-refractivity contribution in [1.82, 2.24) is 10.2 Å². The van der Waals surface area contributed by atoms with Crippen LogP contribution in [0.4, 0.5) is 0 Å². The van der Waals surface area contributed by atoms with Crippen LogP contribution in [0.2, 0.25) is 0 Å². The first-order valence-electron chi connectivity index (χ1n) is 6.33. The Bertz CT molecular complexity index is 285. The minimum Gasteiger partial charge on any atom is -0.305 e. The van der Waals surface area contributed by atoms with E-state index in [1.807, 2.05) is 0 Å². The van der Waals surface area contributed by atoms with Crippen LogP contribution in [0.5, 0.6) is 0 Å². The number of carbonyl (C=O) groups is 2. The molecule has 0 radical (unpaired) electrons. The van der Waals surface area contributed by atoms with Crippen LogP contribution in [-0.4, -0.2) is 35.3 Å². The molecule has 2 aliphatic rings. The predicted molar refractivity (Wildman–Crippen MR) is 60.8 cm³/mol. The van der Waals surface area contributed by atoms with Gasteiger partial charge in [-0.15, -0.1) is 0 Å². The summed E-state index contributed by atoms with van der Waals surface area (Å²) in [4.78, 5) is 25.4. The van der Waals surface area contributed by atoms with E-state index in [1.54, 1.807) is 0 Å². The van der Waals surface area contributed by atoms with Crippen LogP contribution in [0, 0.1) is 0 Å². The molecule has 1 saturated heterocycles. The van der Waals surface area contributed by atoms with E-state index in [1.165, 1.54) is 4.90 Å². The van der Waals surface area contributed by atoms with Gasteiger partial charge >= 0.3 is 0 Å². The summed E-state index contributed by atoms with van der Waals surface area (Å²) in [5.74, 6) is 0.0239. The molecule has 16 heavy (non-hydrogen) atoms. The molecule has 1 aliphatic carbocycles. The van der Waals surface area contributed by atoms with Crippen LogP contribution < -0.4 is 5.32 Å². The lowest BCUT2D eigenvalue weighted by Crippen LogP contribution is -2.43. The fourth-order valence-corrected chi connectivity index (χ4v) is 2.68. The number of imide groups is 1. The Balaban J connectivity index is 1.98. The van der Waals surface area contributed by atoms with Crippen LogP contribution >= 0.6 is 0 Å². The zero-order valence-corrected chi connectivity index (χ0v) is 9.87. The monoisotopic (exact) mass is 224 g/mol. The number of hydrogen-bond donors (Lipinski definition) is 1. The molecule has 90 valence electrons. The molecule has 0 aromatic rings. The summed E-state index contributed by atoms with van der Waals surface area (Å²) in [6.45, 7) is 2.87. The van der Waals surface area contributed by atoms with Crippen molar-refractivity contribution in [2.75, 3.05) is 6.54 Å². The number of amides is 2. The summed E-state index contributed by atoms with van der Waals surface area (Å²) >= 11 is 0. The van der Waals surface area contributed by atoms with E-state index in [2.05, 4.69) is 12.2 Å². The fourth-order valence-electron chi connectivity index (χ4n) is 2.68. The average molecular weight is 224 g/mol. The predicted octanol–water partition coefficient (Wildman–Crippen LogP) is 1.06. The van der Waals surface area contributed by atoms with Gasteiger partial charge in [0.25, 0.3) is 0 Å². The second-order valence-electron chi connectivity index (χ2n) is 4.75. The maximum atomic E-state index is 12.1. The Morgan fingerprint density at radius 3 is 2.62 bits per heavy atom. The molecule has 4 nitrogen and oxygen atoms in total. The van der Waals surface area contributed by atoms with Gasteiger partial charge in [-0.3, -0.25) is 14.5 Å². The largest absolute Gasteiger partial charge is 0.305 e. The molecule has 4 heteroatoms. The summed E-state index contributed by atoms with van der Waals surface area (Å²) in [6.07, 6.45) is 5.64. The molecule has 2 fully saturated rings. The topological polar surface area (TPSA) is 49.4 Å². The first-order valence-corrected chi connectivity index (χ1v) is 6.33. The maximum absolute atomic E-state index is 12.1. The third-order valence-electron chi connectivity index (χ3n) is 3.51. The van der Waals surface area contributed by atoms with Crippen molar-refractivity contribution in [2.45, 2.75) is 57.5 Å². The smallest absolute Gasteiger partial charge is 0.247 e. The van der Waals surface area contributed by atoms with Crippen molar-refractivity contribution in [2.24, 2.45) is 0 Å². The molecule has 2 rings (SSSR count). The van der Waals surface area contributed by atoms with Gasteiger partial charge in [0.1, 0.15) is 0 Å². The molecule has 1 heterocycles. The quantitative estimate of drug-likeness (QED) is 0.726. The fraction of sp³-hybridized carbons (Fsp3) is 0.833. The standard InChI is InChI=1S/C12H20N2O2/c1-2-7-13-10-8-11(15)14(12(10)16)9-5-3-4-6-9/h9-10,13H,2-8H2,1H3. The minimum atomic E-state index is -0.256. The highest BCUT2D eigenvalue weighted by Gasteiger charge is 2.42. The molecular weight excluding hydrogens is 204 g/mol. The Hall–Kier alpha value is -0.900. The first kappa shape index (κ1) is 11.6. The van der Waals surface area contributed by atoms with Crippen LogP contribution in [0.15, 0.2) is 0 Å². The number of nitrogens with zero attached hydrogens (tertiary/aromatic N) is 1. The zero-order chi connectivity index (χ0) is 11.5. The van der Waals surface area contributed by atoms with Crippen molar-refractivity contribution in [3.63, 3.8) is 0 Å². The SMILES string of the molecule is CCCNC1CC(=O)N(C2CCCC2)C1=O. The second kappa shape index (κ2) is 4.95. The summed E-state index contributed by atoms with van der Waals surface area (Å²) in [5.41, 5.74) is 0. The average Bonchev–Trinajstić information content (AvgIpc) is 2.85. The van der Waals surface area contributed by atoms with Crippen LogP contribution in [0.25, 0.3) is 0 Å². The van der Waals surface area contributed by atoms with Gasteiger partial charge in [0.05, 0.1) is 12.5 Å². The second-order valence-corrected chi connectivity index (χ2v) is 4.75. The van der Waals surface area contributed by atoms with Crippen LogP contribution in [0.1, 0.15) is 45.4 Å². The molecule has 0 spiro atoms. The number of nitrogens with one attached hydrogen (secondary N) is 1. The number of carbonyl (C=O) groups excluding carboxylic acids is 2. The Labute approximate surface area is 96.4 Å². The molecule has 1 aliphatic heterocycles. The first-order chi connectivity index (χ1) is 7.74. The molecule has 0 aromatic heterocycles. The third-order valence-corrected chi connectivity index (χ3v) is 3.51. The molecule has 1 N–H and O–H groups in total. The summed E-state index contributed by atoms with van der Waals surface area (Å²) in [6, 6.07) is -0.0681. The summed E-state index contributed by atoms with van der Waals surface area (Å²) in [7, 11) is 0. The Kier molecular flexibility index (Phi) is 3.59. The van der Waals surface area contributed by atoms with Crippen molar-refractivity contribution < 1.29 is 9.59 Å². The van der Waals surface area contributed by atoms with Gasteiger partial charge < -0.3 is 5.32 Å². The van der Waals surface area contributed by atoms with Gasteiger partial charge in [0.2, 0.25) is 11.8 Å². The van der Waals surface area contributed by atoms with Crippen molar-refractivity contribution in [1.29, 1.82) is 0 Å². The van der Waals surface area contributed by atoms with Gasteiger partial charge in [-0.1, -0.05) is 19.8 Å². The lowest BCUT2D eigenvalue weighted by molar-refractivity contribution is -0.141. The lowest BCUT2D eigenvalue weighted by atomic mass is 10.2. The van der Waals surface area contributed by atoms with E-state index in [0.29, 0.717) is 6.42 Å². The van der Waals surface area contributed by atoms with E-state index in [0.717, 1.165) is 38.6 Å². The van der Waals surface area contributed by atoms with Crippen LogP contribution in [-0.2, 0) is 9.59 Å². The van der Waals surface area contributed by atoms with Gasteiger partial charge in [-0.25, -0.2) is 0 Å². The number of hydrogen-bond acceptors (Lipinski definition) is 3. The Morgan fingerprint density at radius 1 is 1.31 bits per heavy atom. The zero-order valence-electron chi connectivity index (χ0n) is 9.87. The van der Waals surface area contributed by atoms with Gasteiger partial charge in [-0.05, 0) is 25.8 Å². The third kappa shape index (κ3) is 2.12. The van der Waals surface area contributed by atoms with Gasteiger partial charge in [-0.2, -0.15) is 0 Å². The molecular formula is C12H20N2O2. The number of rotatable bonds is 4. The highest BCUT2D eigenvalue weighted by atomic mass is 16.2. The minimum absolute atomic E-state index is 0.00495. The van der Waals surface area contributed by atoms with E-state index < -0.39 is 0 Å². The van der Waals surface area contributed by atoms with Crippen LogP contribution in [0.3, 0.4) is 0 Å². The van der Waals surface area contributed by atoms with Gasteiger partial charge in [0, 0.05) is 6.04 Å². The van der Waals surface area contributed by atoms with Gasteiger partial charge in [0.15, 0.2) is 0 Å². The molecule has 1 unspecified atom stereocenters. The lowest BCUT2D eigenvalue weighted by Gasteiger charge is -2.22. The Morgan fingerprint density at radius 2 is 2.00 bits per heavy atom. The van der Waals surface area contributed by atoms with E-state index in [4.69, 9.17) is 0 Å². The van der Waals surface area contributed by atoms with E-state index in [-0.39, 0.29) is 23.9 Å². The van der Waals surface area contributed by atoms with Crippen molar-refractivity contribution in [3.05, 3.63) is 0 Å². The number of likely N-dealkylation sites (tertiary alicyclic amines) is 1. The molecule has 1 atom stereocenters. The highest BCUT2D eigenvalue weighted by Crippen LogP contribution is 2.27. The molecule has 1 saturated carbocycles. The summed E-state index contributed by atoms with van der Waals surface area (Å²) < 4.78 is 0. The van der Waals surface area contributed by atoms with Crippen molar-refractivity contribution >= 4 is 11.8 Å². The maximum Gasteiger partial charge on any atom is 0.247 e. The highest BCUT2D eigenvalue weighted by molar-refractivity contribution is 6.05. The normalized spacial score (nSPS) is 27.1. The van der Waals surface area contributed by atoms with E-state index >= 15 is 0 Å². The molecule has 2 amide bonds.